The molecule has 1 aliphatic heterocycles. The van der Waals surface area contributed by atoms with Crippen molar-refractivity contribution in [3.05, 3.63) is 30.3 Å². The normalized spacial score (nSPS) is 20.0. The summed E-state index contributed by atoms with van der Waals surface area (Å²) < 4.78 is 67.2. The van der Waals surface area contributed by atoms with Gasteiger partial charge in [0.2, 0.25) is 10.0 Å². The fourth-order valence-electron chi connectivity index (χ4n) is 1.95. The highest BCUT2D eigenvalue weighted by molar-refractivity contribution is 7.89. The zero-order chi connectivity index (χ0) is 16.4. The van der Waals surface area contributed by atoms with Crippen LogP contribution in [-0.4, -0.2) is 50.7 Å². The van der Waals surface area contributed by atoms with Gasteiger partial charge in [-0.3, -0.25) is 4.79 Å². The number of alkyl halides is 3. The standard InChI is InChI=1S/C12H13F3N2O4S/c13-12(14,15)11(18)16-8-10-17(6-7-21-10)22(19,20)9-4-2-1-3-5-9/h1-5,10H,6-8H2,(H,16,18)/t10-/m0/s1. The first kappa shape index (κ1) is 16.7. The first-order valence-corrected chi connectivity index (χ1v) is 7.70. The minimum absolute atomic E-state index is 0.00375. The zero-order valence-corrected chi connectivity index (χ0v) is 12.0. The van der Waals surface area contributed by atoms with E-state index in [4.69, 9.17) is 4.74 Å². The number of nitrogens with zero attached hydrogens (tertiary/aromatic N) is 1. The van der Waals surface area contributed by atoms with Crippen molar-refractivity contribution in [2.24, 2.45) is 0 Å². The molecule has 22 heavy (non-hydrogen) atoms. The van der Waals surface area contributed by atoms with Gasteiger partial charge in [0, 0.05) is 6.54 Å². The third kappa shape index (κ3) is 3.57. The number of rotatable bonds is 4. The molecule has 1 amide bonds. The average molecular weight is 338 g/mol. The van der Waals surface area contributed by atoms with E-state index in [1.54, 1.807) is 11.4 Å². The molecule has 0 bridgehead atoms. The number of nitrogens with one attached hydrogen (secondary N) is 1. The van der Waals surface area contributed by atoms with Crippen molar-refractivity contribution < 1.29 is 31.1 Å². The maximum atomic E-state index is 12.4. The monoisotopic (exact) mass is 338 g/mol. The van der Waals surface area contributed by atoms with Gasteiger partial charge >= 0.3 is 12.1 Å². The van der Waals surface area contributed by atoms with Gasteiger partial charge in [-0.2, -0.15) is 17.5 Å². The molecule has 1 saturated heterocycles. The Morgan fingerprint density at radius 2 is 1.95 bits per heavy atom. The lowest BCUT2D eigenvalue weighted by atomic mass is 10.4. The van der Waals surface area contributed by atoms with Gasteiger partial charge < -0.3 is 10.1 Å². The molecular formula is C12H13F3N2O4S. The minimum atomic E-state index is -5.03. The molecule has 0 unspecified atom stereocenters. The molecule has 0 aromatic heterocycles. The molecule has 1 aromatic carbocycles. The molecule has 1 atom stereocenters. The van der Waals surface area contributed by atoms with Gasteiger partial charge in [-0.1, -0.05) is 18.2 Å². The summed E-state index contributed by atoms with van der Waals surface area (Å²) in [7, 11) is -3.90. The third-order valence-electron chi connectivity index (χ3n) is 2.99. The van der Waals surface area contributed by atoms with Crippen LogP contribution in [0.4, 0.5) is 13.2 Å². The van der Waals surface area contributed by atoms with Crippen molar-refractivity contribution in [3.8, 4) is 0 Å². The number of halogens is 3. The highest BCUT2D eigenvalue weighted by atomic mass is 32.2. The van der Waals surface area contributed by atoms with Crippen LogP contribution in [0.5, 0.6) is 0 Å². The molecule has 0 aliphatic carbocycles. The average Bonchev–Trinajstić information content (AvgIpc) is 2.93. The number of ether oxygens (including phenoxy) is 1. The van der Waals surface area contributed by atoms with Crippen molar-refractivity contribution in [2.45, 2.75) is 17.3 Å². The lowest BCUT2D eigenvalue weighted by Gasteiger charge is -2.23. The Balaban J connectivity index is 2.10. The minimum Gasteiger partial charge on any atom is -0.359 e. The second-order valence-electron chi connectivity index (χ2n) is 4.46. The SMILES string of the molecule is O=C(NC[C@@H]1OCCN1S(=O)(=O)c1ccccc1)C(F)(F)F. The molecular weight excluding hydrogens is 325 g/mol. The quantitative estimate of drug-likeness (QED) is 0.877. The van der Waals surface area contributed by atoms with E-state index in [1.165, 1.54) is 24.3 Å². The fraction of sp³-hybridized carbons (Fsp3) is 0.417. The highest BCUT2D eigenvalue weighted by Gasteiger charge is 2.41. The zero-order valence-electron chi connectivity index (χ0n) is 11.2. The Bertz CT molecular complexity index is 634. The number of sulfonamides is 1. The number of hydrogen-bond acceptors (Lipinski definition) is 4. The van der Waals surface area contributed by atoms with E-state index >= 15 is 0 Å². The van der Waals surface area contributed by atoms with Gasteiger partial charge in [0.15, 0.2) is 0 Å². The second-order valence-corrected chi connectivity index (χ2v) is 6.35. The first-order chi connectivity index (χ1) is 10.2. The van der Waals surface area contributed by atoms with Crippen molar-refractivity contribution in [2.75, 3.05) is 19.7 Å². The maximum absolute atomic E-state index is 12.4. The van der Waals surface area contributed by atoms with E-state index < -0.39 is 34.9 Å². The summed E-state index contributed by atoms with van der Waals surface area (Å²) in [6.45, 7) is -0.535. The van der Waals surface area contributed by atoms with Crippen LogP contribution < -0.4 is 5.32 Å². The first-order valence-electron chi connectivity index (χ1n) is 6.26. The summed E-state index contributed by atoms with van der Waals surface area (Å²) in [5.74, 6) is -2.14. The number of carbonyl (C=O) groups excluding carboxylic acids is 1. The molecule has 122 valence electrons. The highest BCUT2D eigenvalue weighted by Crippen LogP contribution is 2.22. The molecule has 1 aromatic rings. The topological polar surface area (TPSA) is 75.7 Å². The summed E-state index contributed by atoms with van der Waals surface area (Å²) in [5, 5.41) is 1.62. The van der Waals surface area contributed by atoms with Crippen LogP contribution in [0.3, 0.4) is 0 Å². The lowest BCUT2D eigenvalue weighted by Crippen LogP contribution is -2.46. The van der Waals surface area contributed by atoms with E-state index in [0.717, 1.165) is 4.31 Å². The Morgan fingerprint density at radius 3 is 2.55 bits per heavy atom. The van der Waals surface area contributed by atoms with Crippen LogP contribution in [0.1, 0.15) is 0 Å². The summed E-state index contributed by atoms with van der Waals surface area (Å²) in [4.78, 5) is 10.8. The fourth-order valence-corrected chi connectivity index (χ4v) is 3.48. The van der Waals surface area contributed by atoms with Gasteiger partial charge in [0.25, 0.3) is 0 Å². The molecule has 0 radical (unpaired) electrons. The van der Waals surface area contributed by atoms with Crippen molar-refractivity contribution in [1.29, 1.82) is 0 Å². The molecule has 0 spiro atoms. The Kier molecular flexibility index (Phi) is 4.73. The van der Waals surface area contributed by atoms with Crippen molar-refractivity contribution in [3.63, 3.8) is 0 Å². The number of amides is 1. The Morgan fingerprint density at radius 1 is 1.32 bits per heavy atom. The van der Waals surface area contributed by atoms with Crippen molar-refractivity contribution in [1.82, 2.24) is 9.62 Å². The van der Waals surface area contributed by atoms with E-state index in [-0.39, 0.29) is 18.0 Å². The van der Waals surface area contributed by atoms with Crippen LogP contribution in [-0.2, 0) is 19.6 Å². The lowest BCUT2D eigenvalue weighted by molar-refractivity contribution is -0.174. The van der Waals surface area contributed by atoms with E-state index in [9.17, 15) is 26.4 Å². The van der Waals surface area contributed by atoms with Gasteiger partial charge in [0.05, 0.1) is 18.0 Å². The number of benzene rings is 1. The van der Waals surface area contributed by atoms with Crippen LogP contribution >= 0.6 is 0 Å². The summed E-state index contributed by atoms with van der Waals surface area (Å²) in [5.41, 5.74) is 0. The smallest absolute Gasteiger partial charge is 0.359 e. The molecule has 1 fully saturated rings. The predicted molar refractivity (Wildman–Crippen MR) is 69.1 cm³/mol. The molecule has 1 N–H and O–H groups in total. The van der Waals surface area contributed by atoms with Crippen molar-refractivity contribution >= 4 is 15.9 Å². The van der Waals surface area contributed by atoms with Crippen LogP contribution in [0.2, 0.25) is 0 Å². The summed E-state index contributed by atoms with van der Waals surface area (Å²) in [6.07, 6.45) is -6.20. The molecule has 2 rings (SSSR count). The van der Waals surface area contributed by atoms with Crippen LogP contribution in [0.15, 0.2) is 35.2 Å². The summed E-state index contributed by atoms with van der Waals surface area (Å²) >= 11 is 0. The van der Waals surface area contributed by atoms with Gasteiger partial charge in [0.1, 0.15) is 6.23 Å². The summed E-state index contributed by atoms with van der Waals surface area (Å²) in [6, 6.07) is 7.45. The largest absolute Gasteiger partial charge is 0.471 e. The Hall–Kier alpha value is -1.65. The van der Waals surface area contributed by atoms with Gasteiger partial charge in [-0.05, 0) is 12.1 Å². The molecule has 10 heteroatoms. The van der Waals surface area contributed by atoms with Gasteiger partial charge in [-0.25, -0.2) is 8.42 Å². The molecule has 1 aliphatic rings. The molecule has 1 heterocycles. The van der Waals surface area contributed by atoms with E-state index in [0.29, 0.717) is 0 Å². The number of hydrogen-bond donors (Lipinski definition) is 1. The molecule has 6 nitrogen and oxygen atoms in total. The third-order valence-corrected chi connectivity index (χ3v) is 4.89. The van der Waals surface area contributed by atoms with Crippen LogP contribution in [0, 0.1) is 0 Å². The van der Waals surface area contributed by atoms with E-state index in [2.05, 4.69) is 0 Å². The Labute approximate surface area is 124 Å². The maximum Gasteiger partial charge on any atom is 0.471 e. The van der Waals surface area contributed by atoms with Gasteiger partial charge in [-0.15, -0.1) is 0 Å². The van der Waals surface area contributed by atoms with Crippen LogP contribution in [0.25, 0.3) is 0 Å². The number of carbonyl (C=O) groups is 1. The second kappa shape index (κ2) is 6.23. The van der Waals surface area contributed by atoms with E-state index in [1.807, 2.05) is 0 Å². The predicted octanol–water partition coefficient (Wildman–Crippen LogP) is 0.712. The molecule has 0 saturated carbocycles.